The number of anilines is 2. The van der Waals surface area contributed by atoms with Crippen LogP contribution in [0.5, 0.6) is 11.5 Å². The smallest absolute Gasteiger partial charge is 0.233 e. The molecule has 0 spiro atoms. The zero-order chi connectivity index (χ0) is 33.2. The molecule has 46 heavy (non-hydrogen) atoms. The molecule has 244 valence electrons. The van der Waals surface area contributed by atoms with E-state index in [2.05, 4.69) is 48.3 Å². The first-order chi connectivity index (χ1) is 21.8. The van der Waals surface area contributed by atoms with Crippen molar-refractivity contribution >= 4 is 44.8 Å². The van der Waals surface area contributed by atoms with Crippen molar-refractivity contribution in [3.63, 3.8) is 0 Å². The summed E-state index contributed by atoms with van der Waals surface area (Å²) >= 11 is 2.85. The Labute approximate surface area is 279 Å². The number of hydrogen-bond donors (Lipinski definition) is 4. The summed E-state index contributed by atoms with van der Waals surface area (Å²) in [6.07, 6.45) is 6.59. The normalized spacial score (nSPS) is 23.0. The molecule has 0 bridgehead atoms. The lowest BCUT2D eigenvalue weighted by molar-refractivity contribution is -0.126. The molecule has 2 amide bonds. The maximum atomic E-state index is 13.0. The highest BCUT2D eigenvalue weighted by molar-refractivity contribution is 7.14. The van der Waals surface area contributed by atoms with Crippen LogP contribution in [0.4, 0.5) is 10.3 Å². The van der Waals surface area contributed by atoms with Crippen LogP contribution in [-0.2, 0) is 22.4 Å². The highest BCUT2D eigenvalue weighted by atomic mass is 32.1. The van der Waals surface area contributed by atoms with Crippen LogP contribution < -0.4 is 10.6 Å². The third kappa shape index (κ3) is 6.98. The lowest BCUT2D eigenvalue weighted by Crippen LogP contribution is -2.37. The molecule has 0 radical (unpaired) electrons. The van der Waals surface area contributed by atoms with Gasteiger partial charge in [0.1, 0.15) is 11.5 Å². The van der Waals surface area contributed by atoms with Gasteiger partial charge in [-0.15, -0.1) is 22.7 Å². The van der Waals surface area contributed by atoms with Crippen molar-refractivity contribution in [2.75, 3.05) is 10.6 Å². The Morgan fingerprint density at radius 3 is 1.48 bits per heavy atom. The molecule has 2 aliphatic rings. The Morgan fingerprint density at radius 1 is 0.761 bits per heavy atom. The number of nitrogens with zero attached hydrogens (tertiary/aromatic N) is 2. The van der Waals surface area contributed by atoms with E-state index < -0.39 is 10.8 Å². The molecule has 2 heterocycles. The van der Waals surface area contributed by atoms with E-state index in [1.54, 1.807) is 24.5 Å². The van der Waals surface area contributed by atoms with Gasteiger partial charge in [-0.05, 0) is 110 Å². The van der Waals surface area contributed by atoms with Gasteiger partial charge in [-0.1, -0.05) is 39.8 Å². The molecular formula is C36H44N4O4S2. The maximum Gasteiger partial charge on any atom is 0.233 e. The Kier molecular flexibility index (Phi) is 9.89. The highest BCUT2D eigenvalue weighted by Crippen LogP contribution is 2.52. The molecule has 8 nitrogen and oxygen atoms in total. The van der Waals surface area contributed by atoms with Crippen molar-refractivity contribution in [3.8, 4) is 11.5 Å². The first-order valence-corrected chi connectivity index (χ1v) is 17.6. The van der Waals surface area contributed by atoms with Gasteiger partial charge in [0.15, 0.2) is 10.3 Å². The van der Waals surface area contributed by atoms with Crippen molar-refractivity contribution in [2.24, 2.45) is 22.7 Å². The number of benzene rings is 2. The molecule has 0 aliphatic heterocycles. The monoisotopic (exact) mass is 660 g/mol. The Morgan fingerprint density at radius 2 is 1.15 bits per heavy atom. The maximum absolute atomic E-state index is 13.0. The van der Waals surface area contributed by atoms with Gasteiger partial charge in [0.05, 0.1) is 10.8 Å². The summed E-state index contributed by atoms with van der Waals surface area (Å²) in [5.41, 5.74) is 3.49. The Hall–Kier alpha value is -3.76. The fourth-order valence-electron chi connectivity index (χ4n) is 7.10. The second-order valence-electron chi connectivity index (χ2n) is 13.9. The zero-order valence-electron chi connectivity index (χ0n) is 27.3. The molecule has 2 aromatic heterocycles. The second-order valence-corrected chi connectivity index (χ2v) is 15.7. The standard InChI is InChI=1S/2C18H22N2O2S/c2*1-11(2)8-15-14-9-13(21)5-4-12(14)10-18(15,3)16(22)20-17-19-6-7-23-17/h2*4-7,9,11,15,21H,8,10H2,1-3H3,(H,19,20,22)/t15-,18+;15-,18-/m00/s1. The van der Waals surface area contributed by atoms with Crippen LogP contribution in [0.1, 0.15) is 88.5 Å². The van der Waals surface area contributed by atoms with Crippen LogP contribution in [0.3, 0.4) is 0 Å². The summed E-state index contributed by atoms with van der Waals surface area (Å²) in [7, 11) is 0. The third-order valence-electron chi connectivity index (χ3n) is 9.42. The fourth-order valence-corrected chi connectivity index (χ4v) is 8.15. The number of nitrogens with one attached hydrogen (secondary N) is 2. The van der Waals surface area contributed by atoms with Crippen LogP contribution >= 0.6 is 22.7 Å². The van der Waals surface area contributed by atoms with Gasteiger partial charge in [0, 0.05) is 23.2 Å². The number of hydrogen-bond acceptors (Lipinski definition) is 8. The number of amides is 2. The third-order valence-corrected chi connectivity index (χ3v) is 10.8. The van der Waals surface area contributed by atoms with Gasteiger partial charge in [-0.3, -0.25) is 9.59 Å². The summed E-state index contributed by atoms with van der Waals surface area (Å²) in [5, 5.41) is 30.6. The van der Waals surface area contributed by atoms with Crippen LogP contribution in [0, 0.1) is 22.7 Å². The number of thiazole rings is 2. The number of phenolic OH excluding ortho intramolecular Hbond substituents is 2. The topological polar surface area (TPSA) is 124 Å². The molecule has 2 aromatic carbocycles. The van der Waals surface area contributed by atoms with E-state index in [-0.39, 0.29) is 35.1 Å². The molecule has 2 aliphatic carbocycles. The minimum absolute atomic E-state index is 0.00814. The number of carbonyl (C=O) groups is 2. The van der Waals surface area contributed by atoms with E-state index in [0.29, 0.717) is 34.9 Å². The number of aromatic nitrogens is 2. The average Bonchev–Trinajstić information content (AvgIpc) is 3.79. The van der Waals surface area contributed by atoms with E-state index in [4.69, 9.17) is 0 Å². The van der Waals surface area contributed by atoms with Gasteiger partial charge in [0.2, 0.25) is 11.8 Å². The Bertz CT molecular complexity index is 1550. The molecule has 0 unspecified atom stereocenters. The highest BCUT2D eigenvalue weighted by Gasteiger charge is 2.49. The predicted molar refractivity (Wildman–Crippen MR) is 186 cm³/mol. The molecule has 0 saturated heterocycles. The number of fused-ring (bicyclic) bond motifs is 2. The van der Waals surface area contributed by atoms with Crippen molar-refractivity contribution < 1.29 is 19.8 Å². The summed E-state index contributed by atoms with van der Waals surface area (Å²) in [6.45, 7) is 12.7. The second kappa shape index (κ2) is 13.5. The van der Waals surface area contributed by atoms with Crippen LogP contribution in [0.25, 0.3) is 0 Å². The SMILES string of the molecule is CC(C)C[C@H]1c2cc(O)ccc2C[C@@]1(C)C(=O)Nc1nccs1.CC(C)C[C@H]1c2cc(O)ccc2C[C@]1(C)C(=O)Nc1nccs1. The minimum atomic E-state index is -0.522. The van der Waals surface area contributed by atoms with Gasteiger partial charge in [-0.2, -0.15) is 0 Å². The number of phenols is 2. The van der Waals surface area contributed by atoms with Crippen molar-refractivity contribution in [3.05, 3.63) is 81.8 Å². The summed E-state index contributed by atoms with van der Waals surface area (Å²) < 4.78 is 0. The average molecular weight is 661 g/mol. The predicted octanol–water partition coefficient (Wildman–Crippen LogP) is 8.36. The molecular weight excluding hydrogens is 617 g/mol. The molecule has 4 N–H and O–H groups in total. The van der Waals surface area contributed by atoms with E-state index in [1.165, 1.54) is 22.7 Å². The van der Waals surface area contributed by atoms with Gasteiger partial charge in [-0.25, -0.2) is 9.97 Å². The summed E-state index contributed by atoms with van der Waals surface area (Å²) in [5.74, 6) is 1.70. The number of aromatic hydroxyl groups is 2. The van der Waals surface area contributed by atoms with Gasteiger partial charge < -0.3 is 20.8 Å². The fraction of sp³-hybridized carbons (Fsp3) is 0.444. The summed E-state index contributed by atoms with van der Waals surface area (Å²) in [6, 6.07) is 10.9. The largest absolute Gasteiger partial charge is 0.508 e. The molecule has 6 rings (SSSR count). The van der Waals surface area contributed by atoms with Crippen molar-refractivity contribution in [1.82, 2.24) is 9.97 Å². The van der Waals surface area contributed by atoms with E-state index in [1.807, 2.05) is 48.9 Å². The first kappa shape index (κ1) is 33.6. The van der Waals surface area contributed by atoms with Crippen LogP contribution in [0.15, 0.2) is 59.6 Å². The van der Waals surface area contributed by atoms with Crippen molar-refractivity contribution in [2.45, 2.75) is 79.1 Å². The van der Waals surface area contributed by atoms with E-state index in [9.17, 15) is 19.8 Å². The lowest BCUT2D eigenvalue weighted by Gasteiger charge is -2.31. The quantitative estimate of drug-likeness (QED) is 0.151. The number of carbonyl (C=O) groups excluding carboxylic acids is 2. The van der Waals surface area contributed by atoms with Crippen LogP contribution in [-0.4, -0.2) is 32.0 Å². The summed E-state index contributed by atoms with van der Waals surface area (Å²) in [4.78, 5) is 34.3. The molecule has 0 fully saturated rings. The molecule has 10 heteroatoms. The van der Waals surface area contributed by atoms with Gasteiger partial charge >= 0.3 is 0 Å². The number of rotatable bonds is 8. The van der Waals surface area contributed by atoms with Crippen LogP contribution in [0.2, 0.25) is 0 Å². The molecule has 4 aromatic rings. The van der Waals surface area contributed by atoms with E-state index >= 15 is 0 Å². The minimum Gasteiger partial charge on any atom is -0.508 e. The van der Waals surface area contributed by atoms with Crippen molar-refractivity contribution in [1.29, 1.82) is 0 Å². The molecule has 4 atom stereocenters. The zero-order valence-corrected chi connectivity index (χ0v) is 29.0. The van der Waals surface area contributed by atoms with E-state index in [0.717, 1.165) is 35.1 Å². The first-order valence-electron chi connectivity index (χ1n) is 15.9. The van der Waals surface area contributed by atoms with Gasteiger partial charge in [0.25, 0.3) is 0 Å². The lowest BCUT2D eigenvalue weighted by atomic mass is 9.73. The Balaban J connectivity index is 0.000000181. The molecule has 0 saturated carbocycles.